The van der Waals surface area contributed by atoms with E-state index in [0.29, 0.717) is 5.92 Å². The molecule has 2 rings (SSSR count). The number of hydrogen-bond acceptors (Lipinski definition) is 1. The van der Waals surface area contributed by atoms with E-state index in [1.807, 2.05) is 0 Å². The van der Waals surface area contributed by atoms with E-state index in [1.165, 1.54) is 12.1 Å². The summed E-state index contributed by atoms with van der Waals surface area (Å²) in [5, 5.41) is 0. The lowest BCUT2D eigenvalue weighted by Gasteiger charge is -2.09. The van der Waals surface area contributed by atoms with E-state index in [9.17, 15) is 4.39 Å². The molecule has 1 aliphatic rings. The molecule has 1 aromatic rings. The Labute approximate surface area is 71.4 Å². The Morgan fingerprint density at radius 1 is 1.42 bits per heavy atom. The Bertz CT molecular complexity index is 293. The lowest BCUT2D eigenvalue weighted by atomic mass is 10.0. The van der Waals surface area contributed by atoms with Crippen molar-refractivity contribution in [2.45, 2.75) is 18.9 Å². The van der Waals surface area contributed by atoms with Gasteiger partial charge in [0.1, 0.15) is 5.82 Å². The predicted octanol–water partition coefficient (Wildman–Crippen LogP) is 2.02. The van der Waals surface area contributed by atoms with Crippen LogP contribution in [0.4, 0.5) is 4.39 Å². The maximum Gasteiger partial charge on any atom is 0.123 e. The first kappa shape index (κ1) is 7.74. The summed E-state index contributed by atoms with van der Waals surface area (Å²) in [5.74, 6) is 0.332. The van der Waals surface area contributed by atoms with Crippen molar-refractivity contribution in [2.24, 2.45) is 11.7 Å². The Morgan fingerprint density at radius 3 is 2.33 bits per heavy atom. The third kappa shape index (κ3) is 1.03. The number of nitrogens with two attached hydrogens (primary N) is 1. The van der Waals surface area contributed by atoms with Gasteiger partial charge in [-0.15, -0.1) is 0 Å². The van der Waals surface area contributed by atoms with Gasteiger partial charge in [-0.25, -0.2) is 4.39 Å². The average molecular weight is 165 g/mol. The van der Waals surface area contributed by atoms with E-state index < -0.39 is 0 Å². The second-order valence-corrected chi connectivity index (χ2v) is 3.65. The minimum Gasteiger partial charge on any atom is -0.321 e. The SMILES string of the molecule is C[C@H]1C[C@]1(N)c1ccc(F)cc1. The van der Waals surface area contributed by atoms with Crippen molar-refractivity contribution >= 4 is 0 Å². The van der Waals surface area contributed by atoms with E-state index >= 15 is 0 Å². The van der Waals surface area contributed by atoms with Crippen LogP contribution in [0.15, 0.2) is 24.3 Å². The van der Waals surface area contributed by atoms with Gasteiger partial charge in [-0.05, 0) is 30.0 Å². The maximum atomic E-state index is 12.6. The number of rotatable bonds is 1. The molecule has 1 fully saturated rings. The highest BCUT2D eigenvalue weighted by Gasteiger charge is 2.48. The molecule has 12 heavy (non-hydrogen) atoms. The topological polar surface area (TPSA) is 26.0 Å². The van der Waals surface area contributed by atoms with Crippen molar-refractivity contribution in [1.29, 1.82) is 0 Å². The van der Waals surface area contributed by atoms with Gasteiger partial charge in [0.15, 0.2) is 0 Å². The Morgan fingerprint density at radius 2 is 1.92 bits per heavy atom. The summed E-state index contributed by atoms with van der Waals surface area (Å²) in [4.78, 5) is 0. The van der Waals surface area contributed by atoms with Crippen LogP contribution < -0.4 is 5.73 Å². The van der Waals surface area contributed by atoms with Crippen LogP contribution in [0.25, 0.3) is 0 Å². The van der Waals surface area contributed by atoms with Gasteiger partial charge in [-0.3, -0.25) is 0 Å². The molecule has 0 heterocycles. The van der Waals surface area contributed by atoms with Crippen LogP contribution in [0, 0.1) is 11.7 Å². The number of benzene rings is 1. The summed E-state index contributed by atoms with van der Waals surface area (Å²) in [7, 11) is 0. The Balaban J connectivity index is 2.31. The molecule has 0 aromatic heterocycles. The highest BCUT2D eigenvalue weighted by Crippen LogP contribution is 2.48. The van der Waals surface area contributed by atoms with Gasteiger partial charge in [0.25, 0.3) is 0 Å². The minimum atomic E-state index is -0.198. The summed E-state index contributed by atoms with van der Waals surface area (Å²) in [6.07, 6.45) is 1.01. The fourth-order valence-corrected chi connectivity index (χ4v) is 1.61. The zero-order chi connectivity index (χ0) is 8.77. The Kier molecular flexibility index (Phi) is 1.48. The quantitative estimate of drug-likeness (QED) is 0.677. The monoisotopic (exact) mass is 165 g/mol. The largest absolute Gasteiger partial charge is 0.321 e. The first-order chi connectivity index (χ1) is 5.63. The first-order valence-electron chi connectivity index (χ1n) is 4.18. The highest BCUT2D eigenvalue weighted by atomic mass is 19.1. The van der Waals surface area contributed by atoms with Crippen molar-refractivity contribution in [3.05, 3.63) is 35.6 Å². The van der Waals surface area contributed by atoms with Gasteiger partial charge in [0.2, 0.25) is 0 Å². The van der Waals surface area contributed by atoms with Crippen LogP contribution in [0.2, 0.25) is 0 Å². The van der Waals surface area contributed by atoms with Gasteiger partial charge in [-0.1, -0.05) is 19.1 Å². The van der Waals surface area contributed by atoms with Gasteiger partial charge >= 0.3 is 0 Å². The molecule has 0 saturated heterocycles. The molecule has 0 bridgehead atoms. The number of hydrogen-bond donors (Lipinski definition) is 1. The summed E-state index contributed by atoms with van der Waals surface area (Å²) in [6, 6.07) is 6.49. The van der Waals surface area contributed by atoms with Gasteiger partial charge < -0.3 is 5.73 Å². The molecule has 1 aromatic carbocycles. The molecular weight excluding hydrogens is 153 g/mol. The zero-order valence-electron chi connectivity index (χ0n) is 7.05. The first-order valence-corrected chi connectivity index (χ1v) is 4.18. The van der Waals surface area contributed by atoms with Gasteiger partial charge in [0.05, 0.1) is 0 Å². The second kappa shape index (κ2) is 2.30. The Hall–Kier alpha value is -0.890. The predicted molar refractivity (Wildman–Crippen MR) is 46.0 cm³/mol. The van der Waals surface area contributed by atoms with Crippen molar-refractivity contribution in [2.75, 3.05) is 0 Å². The van der Waals surface area contributed by atoms with E-state index in [1.54, 1.807) is 12.1 Å². The van der Waals surface area contributed by atoms with Crippen molar-refractivity contribution < 1.29 is 4.39 Å². The van der Waals surface area contributed by atoms with Crippen LogP contribution >= 0.6 is 0 Å². The van der Waals surface area contributed by atoms with E-state index in [-0.39, 0.29) is 11.4 Å². The molecule has 1 nitrogen and oxygen atoms in total. The molecule has 64 valence electrons. The molecule has 2 N–H and O–H groups in total. The van der Waals surface area contributed by atoms with E-state index in [4.69, 9.17) is 5.73 Å². The van der Waals surface area contributed by atoms with Crippen molar-refractivity contribution in [3.63, 3.8) is 0 Å². The van der Waals surface area contributed by atoms with Crippen LogP contribution in [0.3, 0.4) is 0 Å². The van der Waals surface area contributed by atoms with Crippen LogP contribution in [0.1, 0.15) is 18.9 Å². The highest BCUT2D eigenvalue weighted by molar-refractivity contribution is 5.31. The normalized spacial score (nSPS) is 33.4. The molecule has 0 radical (unpaired) electrons. The standard InChI is InChI=1S/C10H12FN/c1-7-6-10(7,12)8-2-4-9(11)5-3-8/h2-5,7H,6,12H2,1H3/t7-,10+/m0/s1. The van der Waals surface area contributed by atoms with Crippen molar-refractivity contribution in [3.8, 4) is 0 Å². The average Bonchev–Trinajstić information content (AvgIpc) is 2.62. The van der Waals surface area contributed by atoms with Crippen LogP contribution in [-0.2, 0) is 5.54 Å². The molecule has 1 aliphatic carbocycles. The van der Waals surface area contributed by atoms with Crippen LogP contribution in [0.5, 0.6) is 0 Å². The number of halogens is 1. The third-order valence-corrected chi connectivity index (χ3v) is 2.74. The summed E-state index contributed by atoms with van der Waals surface area (Å²) >= 11 is 0. The van der Waals surface area contributed by atoms with E-state index in [2.05, 4.69) is 6.92 Å². The van der Waals surface area contributed by atoms with Gasteiger partial charge in [-0.2, -0.15) is 0 Å². The summed E-state index contributed by atoms with van der Waals surface area (Å²) < 4.78 is 12.6. The lowest BCUT2D eigenvalue weighted by Crippen LogP contribution is -2.21. The zero-order valence-corrected chi connectivity index (χ0v) is 7.05. The third-order valence-electron chi connectivity index (χ3n) is 2.74. The molecule has 2 heteroatoms. The molecule has 0 spiro atoms. The van der Waals surface area contributed by atoms with Crippen molar-refractivity contribution in [1.82, 2.24) is 0 Å². The molecular formula is C10H12FN. The summed E-state index contributed by atoms with van der Waals surface area (Å²) in [5.41, 5.74) is 6.92. The smallest absolute Gasteiger partial charge is 0.123 e. The van der Waals surface area contributed by atoms with Crippen LogP contribution in [-0.4, -0.2) is 0 Å². The second-order valence-electron chi connectivity index (χ2n) is 3.65. The molecule has 0 amide bonds. The molecule has 2 atom stereocenters. The summed E-state index contributed by atoms with van der Waals surface area (Å²) in [6.45, 7) is 2.11. The minimum absolute atomic E-state index is 0.173. The molecule has 0 unspecified atom stereocenters. The fourth-order valence-electron chi connectivity index (χ4n) is 1.61. The molecule has 0 aliphatic heterocycles. The lowest BCUT2D eigenvalue weighted by molar-refractivity contribution is 0.620. The van der Waals surface area contributed by atoms with E-state index in [0.717, 1.165) is 12.0 Å². The maximum absolute atomic E-state index is 12.6. The molecule has 1 saturated carbocycles. The fraction of sp³-hybridized carbons (Fsp3) is 0.400. The van der Waals surface area contributed by atoms with Gasteiger partial charge in [0, 0.05) is 5.54 Å².